The fourth-order valence-electron chi connectivity index (χ4n) is 2.17. The lowest BCUT2D eigenvalue weighted by atomic mass is 10.1. The maximum Gasteiger partial charge on any atom is 0.220 e. The Labute approximate surface area is 121 Å². The molecule has 1 aliphatic heterocycles. The quantitative estimate of drug-likeness (QED) is 0.712. The number of carbonyl (C=O) groups excluding carboxylic acids is 1. The molecule has 0 saturated carbocycles. The highest BCUT2D eigenvalue weighted by molar-refractivity contribution is 7.88. The van der Waals surface area contributed by atoms with Crippen molar-refractivity contribution in [3.05, 3.63) is 0 Å². The first-order valence-corrected chi connectivity index (χ1v) is 8.97. The minimum Gasteiger partial charge on any atom is -0.377 e. The molecule has 118 valence electrons. The summed E-state index contributed by atoms with van der Waals surface area (Å²) < 4.78 is 30.3. The predicted octanol–water partition coefficient (Wildman–Crippen LogP) is 0.589. The molecule has 7 heteroatoms. The molecule has 0 radical (unpaired) electrons. The highest BCUT2D eigenvalue weighted by atomic mass is 32.2. The van der Waals surface area contributed by atoms with Crippen molar-refractivity contribution in [3.63, 3.8) is 0 Å². The van der Waals surface area contributed by atoms with Crippen LogP contribution in [0.3, 0.4) is 0 Å². The van der Waals surface area contributed by atoms with Crippen molar-refractivity contribution in [2.45, 2.75) is 39.2 Å². The maximum atomic E-state index is 11.7. The second-order valence-corrected chi connectivity index (χ2v) is 7.69. The lowest BCUT2D eigenvalue weighted by molar-refractivity contribution is -0.121. The van der Waals surface area contributed by atoms with Crippen LogP contribution in [0.15, 0.2) is 0 Å². The van der Waals surface area contributed by atoms with Crippen LogP contribution < -0.4 is 5.32 Å². The molecule has 0 aromatic carbocycles. The van der Waals surface area contributed by atoms with E-state index in [1.807, 2.05) is 13.8 Å². The summed E-state index contributed by atoms with van der Waals surface area (Å²) in [4.78, 5) is 11.5. The molecule has 6 nitrogen and oxygen atoms in total. The molecular weight excluding hydrogens is 280 g/mol. The number of hydrogen-bond donors (Lipinski definition) is 1. The SMILES string of the molecule is CC(C)CC(=O)NCCN(CC1CCCO1)S(C)(=O)=O. The number of nitrogens with one attached hydrogen (secondary N) is 1. The molecule has 0 bridgehead atoms. The maximum absolute atomic E-state index is 11.7. The molecular formula is C13H26N2O4S. The second-order valence-electron chi connectivity index (χ2n) is 5.70. The van der Waals surface area contributed by atoms with Crippen LogP contribution >= 0.6 is 0 Å². The van der Waals surface area contributed by atoms with Gasteiger partial charge in [0.25, 0.3) is 0 Å². The number of rotatable bonds is 8. The average Bonchev–Trinajstić information content (AvgIpc) is 2.78. The Morgan fingerprint density at radius 2 is 2.15 bits per heavy atom. The Bertz CT molecular complexity index is 403. The molecule has 1 unspecified atom stereocenters. The lowest BCUT2D eigenvalue weighted by Gasteiger charge is -2.23. The van der Waals surface area contributed by atoms with Crippen molar-refractivity contribution >= 4 is 15.9 Å². The molecule has 1 heterocycles. The standard InChI is InChI=1S/C13H26N2O4S/c1-11(2)9-13(16)14-6-7-15(20(3,17)18)10-12-5-4-8-19-12/h11-12H,4-10H2,1-3H3,(H,14,16). The molecule has 1 aliphatic rings. The molecule has 1 atom stereocenters. The fraction of sp³-hybridized carbons (Fsp3) is 0.923. The van der Waals surface area contributed by atoms with Gasteiger partial charge in [0.15, 0.2) is 0 Å². The number of hydrogen-bond acceptors (Lipinski definition) is 4. The van der Waals surface area contributed by atoms with Gasteiger partial charge in [-0.05, 0) is 18.8 Å². The van der Waals surface area contributed by atoms with Crippen molar-refractivity contribution in [1.29, 1.82) is 0 Å². The van der Waals surface area contributed by atoms with E-state index in [9.17, 15) is 13.2 Å². The van der Waals surface area contributed by atoms with Crippen LogP contribution in [0.1, 0.15) is 33.1 Å². The van der Waals surface area contributed by atoms with Gasteiger partial charge in [-0.2, -0.15) is 4.31 Å². The van der Waals surface area contributed by atoms with E-state index in [1.54, 1.807) is 0 Å². The summed E-state index contributed by atoms with van der Waals surface area (Å²) in [6.07, 6.45) is 3.51. The van der Waals surface area contributed by atoms with Gasteiger partial charge in [0, 0.05) is 32.7 Å². The number of amides is 1. The van der Waals surface area contributed by atoms with Crippen LogP contribution in [0.4, 0.5) is 0 Å². The second kappa shape index (κ2) is 7.95. The number of nitrogens with zero attached hydrogens (tertiary/aromatic N) is 1. The van der Waals surface area contributed by atoms with Crippen molar-refractivity contribution in [1.82, 2.24) is 9.62 Å². The Morgan fingerprint density at radius 1 is 1.45 bits per heavy atom. The van der Waals surface area contributed by atoms with Gasteiger partial charge >= 0.3 is 0 Å². The Morgan fingerprint density at radius 3 is 2.65 bits per heavy atom. The van der Waals surface area contributed by atoms with Gasteiger partial charge < -0.3 is 10.1 Å². The topological polar surface area (TPSA) is 75.7 Å². The zero-order valence-corrected chi connectivity index (χ0v) is 13.4. The summed E-state index contributed by atoms with van der Waals surface area (Å²) in [6.45, 7) is 5.65. The molecule has 20 heavy (non-hydrogen) atoms. The normalized spacial score (nSPS) is 19.8. The number of sulfonamides is 1. The third kappa shape index (κ3) is 6.67. The van der Waals surface area contributed by atoms with Gasteiger partial charge in [0.05, 0.1) is 12.4 Å². The minimum atomic E-state index is -3.27. The molecule has 0 aromatic rings. The molecule has 1 rings (SSSR count). The lowest BCUT2D eigenvalue weighted by Crippen LogP contribution is -2.41. The number of ether oxygens (including phenoxy) is 1. The zero-order valence-electron chi connectivity index (χ0n) is 12.6. The van der Waals surface area contributed by atoms with E-state index >= 15 is 0 Å². The summed E-state index contributed by atoms with van der Waals surface area (Å²) in [7, 11) is -3.27. The third-order valence-corrected chi connectivity index (χ3v) is 4.45. The highest BCUT2D eigenvalue weighted by Crippen LogP contribution is 2.14. The highest BCUT2D eigenvalue weighted by Gasteiger charge is 2.24. The van der Waals surface area contributed by atoms with E-state index in [-0.39, 0.29) is 12.0 Å². The fourth-order valence-corrected chi connectivity index (χ4v) is 3.03. The van der Waals surface area contributed by atoms with E-state index in [0.717, 1.165) is 12.8 Å². The van der Waals surface area contributed by atoms with Gasteiger partial charge in [-0.25, -0.2) is 8.42 Å². The average molecular weight is 306 g/mol. The van der Waals surface area contributed by atoms with Crippen LogP contribution in [0.2, 0.25) is 0 Å². The third-order valence-electron chi connectivity index (χ3n) is 3.18. The minimum absolute atomic E-state index is 0.0175. The van der Waals surface area contributed by atoms with Crippen LogP contribution in [0.25, 0.3) is 0 Å². The summed E-state index contributed by atoms with van der Waals surface area (Å²) in [5, 5.41) is 2.76. The van der Waals surface area contributed by atoms with E-state index in [0.29, 0.717) is 38.6 Å². The Hall–Kier alpha value is -0.660. The first-order valence-electron chi connectivity index (χ1n) is 7.12. The molecule has 1 fully saturated rings. The van der Waals surface area contributed by atoms with Crippen LogP contribution in [-0.2, 0) is 19.6 Å². The predicted molar refractivity (Wildman–Crippen MR) is 77.9 cm³/mol. The van der Waals surface area contributed by atoms with Crippen LogP contribution in [-0.4, -0.2) is 57.2 Å². The summed E-state index contributed by atoms with van der Waals surface area (Å²) >= 11 is 0. The first-order chi connectivity index (χ1) is 9.29. The number of carbonyl (C=O) groups is 1. The van der Waals surface area contributed by atoms with Gasteiger partial charge in [-0.1, -0.05) is 13.8 Å². The van der Waals surface area contributed by atoms with E-state index in [4.69, 9.17) is 4.74 Å². The molecule has 1 N–H and O–H groups in total. The molecule has 0 aromatic heterocycles. The van der Waals surface area contributed by atoms with Crippen molar-refractivity contribution < 1.29 is 17.9 Å². The van der Waals surface area contributed by atoms with Crippen molar-refractivity contribution in [3.8, 4) is 0 Å². The van der Waals surface area contributed by atoms with E-state index in [2.05, 4.69) is 5.32 Å². The Kier molecular flexibility index (Phi) is 6.91. The van der Waals surface area contributed by atoms with E-state index in [1.165, 1.54) is 10.6 Å². The first kappa shape index (κ1) is 17.4. The van der Waals surface area contributed by atoms with Gasteiger partial charge in [-0.3, -0.25) is 4.79 Å². The summed E-state index contributed by atoms with van der Waals surface area (Å²) in [6, 6.07) is 0. The zero-order chi connectivity index (χ0) is 15.2. The monoisotopic (exact) mass is 306 g/mol. The molecule has 1 amide bonds. The van der Waals surface area contributed by atoms with Crippen molar-refractivity contribution in [2.75, 3.05) is 32.5 Å². The Balaban J connectivity index is 2.39. The molecule has 0 spiro atoms. The van der Waals surface area contributed by atoms with Gasteiger partial charge in [-0.15, -0.1) is 0 Å². The smallest absolute Gasteiger partial charge is 0.220 e. The van der Waals surface area contributed by atoms with E-state index < -0.39 is 10.0 Å². The summed E-state index contributed by atoms with van der Waals surface area (Å²) in [5.74, 6) is 0.262. The summed E-state index contributed by atoms with van der Waals surface area (Å²) in [5.41, 5.74) is 0. The van der Waals surface area contributed by atoms with Crippen molar-refractivity contribution in [2.24, 2.45) is 5.92 Å². The van der Waals surface area contributed by atoms with Gasteiger partial charge in [0.1, 0.15) is 0 Å². The molecule has 0 aliphatic carbocycles. The largest absolute Gasteiger partial charge is 0.377 e. The van der Waals surface area contributed by atoms with Crippen LogP contribution in [0, 0.1) is 5.92 Å². The van der Waals surface area contributed by atoms with Crippen LogP contribution in [0.5, 0.6) is 0 Å². The molecule has 1 saturated heterocycles. The van der Waals surface area contributed by atoms with Gasteiger partial charge in [0.2, 0.25) is 15.9 Å².